The first kappa shape index (κ1) is 21.1. The smallest absolute Gasteiger partial charge is 0.305 e. The zero-order chi connectivity index (χ0) is 21.1. The molecule has 0 radical (unpaired) electrons. The van der Waals surface area contributed by atoms with Crippen molar-refractivity contribution in [2.24, 2.45) is 7.05 Å². The van der Waals surface area contributed by atoms with Crippen LogP contribution in [0.3, 0.4) is 0 Å². The van der Waals surface area contributed by atoms with Crippen LogP contribution in [0.15, 0.2) is 52.3 Å². The van der Waals surface area contributed by atoms with Crippen molar-refractivity contribution in [3.63, 3.8) is 0 Å². The van der Waals surface area contributed by atoms with Crippen molar-refractivity contribution in [1.82, 2.24) is 19.7 Å². The molecule has 0 saturated heterocycles. The van der Waals surface area contributed by atoms with Gasteiger partial charge >= 0.3 is 6.18 Å². The van der Waals surface area contributed by atoms with Gasteiger partial charge in [0.05, 0.1) is 5.56 Å². The molecule has 9 heteroatoms. The molecule has 3 aromatic rings. The zero-order valence-electron chi connectivity index (χ0n) is 16.4. The minimum atomic E-state index is -4.31. The molecular weight excluding hydrogens is 429 g/mol. The van der Waals surface area contributed by atoms with Gasteiger partial charge in [-0.05, 0) is 41.1 Å². The van der Waals surface area contributed by atoms with E-state index in [1.165, 1.54) is 12.1 Å². The van der Waals surface area contributed by atoms with Gasteiger partial charge in [-0.25, -0.2) is 0 Å². The molecular formula is C21H21F3N4S2. The van der Waals surface area contributed by atoms with Gasteiger partial charge in [-0.2, -0.15) is 24.5 Å². The summed E-state index contributed by atoms with van der Waals surface area (Å²) in [7, 11) is 1.97. The van der Waals surface area contributed by atoms with Gasteiger partial charge in [0.15, 0.2) is 11.0 Å². The van der Waals surface area contributed by atoms with E-state index in [0.717, 1.165) is 60.0 Å². The topological polar surface area (TPSA) is 34.0 Å². The summed E-state index contributed by atoms with van der Waals surface area (Å²) >= 11 is 3.30. The Bertz CT molecular complexity index is 1030. The van der Waals surface area contributed by atoms with Crippen LogP contribution in [-0.4, -0.2) is 45.1 Å². The number of thioether (sulfide) groups is 1. The van der Waals surface area contributed by atoms with Gasteiger partial charge in [0, 0.05) is 43.4 Å². The van der Waals surface area contributed by atoms with Crippen LogP contribution in [0.4, 0.5) is 13.2 Å². The lowest BCUT2D eigenvalue weighted by Gasteiger charge is -2.26. The predicted octanol–water partition coefficient (Wildman–Crippen LogP) is 5.44. The zero-order valence-corrected chi connectivity index (χ0v) is 18.0. The summed E-state index contributed by atoms with van der Waals surface area (Å²) in [6.07, 6.45) is -1.52. The van der Waals surface area contributed by atoms with Crippen LogP contribution in [0.5, 0.6) is 0 Å². The van der Waals surface area contributed by atoms with E-state index in [4.69, 9.17) is 0 Å². The Morgan fingerprint density at radius 1 is 1.17 bits per heavy atom. The van der Waals surface area contributed by atoms with E-state index < -0.39 is 11.7 Å². The van der Waals surface area contributed by atoms with E-state index in [2.05, 4.69) is 20.5 Å². The largest absolute Gasteiger partial charge is 0.416 e. The maximum Gasteiger partial charge on any atom is 0.416 e. The van der Waals surface area contributed by atoms with Gasteiger partial charge in [0.2, 0.25) is 0 Å². The molecule has 0 fully saturated rings. The molecule has 0 N–H and O–H groups in total. The molecule has 0 saturated carbocycles. The van der Waals surface area contributed by atoms with Crippen molar-refractivity contribution in [3.05, 3.63) is 58.3 Å². The summed E-state index contributed by atoms with van der Waals surface area (Å²) in [4.78, 5) is 2.31. The van der Waals surface area contributed by atoms with Crippen molar-refractivity contribution in [3.8, 4) is 11.4 Å². The average Bonchev–Trinajstić information content (AvgIpc) is 3.38. The summed E-state index contributed by atoms with van der Waals surface area (Å²) in [5, 5.41) is 13.5. The van der Waals surface area contributed by atoms with Gasteiger partial charge in [-0.3, -0.25) is 4.90 Å². The number of rotatable bonds is 6. The predicted molar refractivity (Wildman–Crippen MR) is 116 cm³/mol. The molecule has 1 aromatic carbocycles. The standard InChI is InChI=1S/C21H21F3N4S2/c1-27-19(17-7-11-29-14-17)25-26-20(27)30-12-10-28-8-5-15(6-9-28)16-3-2-4-18(13-16)21(22,23)24/h2-5,7,11,13-14H,6,8-10,12H2,1H3. The molecule has 0 aliphatic carbocycles. The molecule has 158 valence electrons. The molecule has 4 nitrogen and oxygen atoms in total. The SMILES string of the molecule is Cn1c(SCCN2CC=C(c3cccc(C(F)(F)F)c3)CC2)nnc1-c1ccsc1. The number of nitrogens with zero attached hydrogens (tertiary/aromatic N) is 4. The van der Waals surface area contributed by atoms with Crippen molar-refractivity contribution in [1.29, 1.82) is 0 Å². The summed E-state index contributed by atoms with van der Waals surface area (Å²) in [5.41, 5.74) is 2.13. The quantitative estimate of drug-likeness (QED) is 0.468. The maximum atomic E-state index is 12.9. The van der Waals surface area contributed by atoms with E-state index >= 15 is 0 Å². The number of benzene rings is 1. The first-order valence-electron chi connectivity index (χ1n) is 9.55. The molecule has 0 spiro atoms. The highest BCUT2D eigenvalue weighted by Crippen LogP contribution is 2.32. The highest BCUT2D eigenvalue weighted by molar-refractivity contribution is 7.99. The minimum absolute atomic E-state index is 0.592. The number of hydrogen-bond acceptors (Lipinski definition) is 5. The Labute approximate surface area is 181 Å². The maximum absolute atomic E-state index is 12.9. The van der Waals surface area contributed by atoms with Gasteiger partial charge in [0.1, 0.15) is 0 Å². The van der Waals surface area contributed by atoms with Crippen LogP contribution >= 0.6 is 23.1 Å². The molecule has 2 aromatic heterocycles. The van der Waals surface area contributed by atoms with Gasteiger partial charge < -0.3 is 4.57 Å². The van der Waals surface area contributed by atoms with Crippen LogP contribution in [0.25, 0.3) is 17.0 Å². The van der Waals surface area contributed by atoms with Crippen molar-refractivity contribution < 1.29 is 13.2 Å². The minimum Gasteiger partial charge on any atom is -0.305 e. The number of aromatic nitrogens is 3. The van der Waals surface area contributed by atoms with E-state index in [1.807, 2.05) is 29.1 Å². The van der Waals surface area contributed by atoms with Gasteiger partial charge in [0.25, 0.3) is 0 Å². The molecule has 30 heavy (non-hydrogen) atoms. The van der Waals surface area contributed by atoms with Crippen LogP contribution in [0.1, 0.15) is 17.5 Å². The van der Waals surface area contributed by atoms with E-state index in [0.29, 0.717) is 5.56 Å². The van der Waals surface area contributed by atoms with Crippen molar-refractivity contribution in [2.45, 2.75) is 17.8 Å². The monoisotopic (exact) mass is 450 g/mol. The number of hydrogen-bond donors (Lipinski definition) is 0. The average molecular weight is 451 g/mol. The van der Waals surface area contributed by atoms with Crippen molar-refractivity contribution >= 4 is 28.7 Å². The lowest BCUT2D eigenvalue weighted by atomic mass is 9.97. The molecule has 0 unspecified atom stereocenters. The fourth-order valence-corrected chi connectivity index (χ4v) is 4.97. The molecule has 0 amide bonds. The molecule has 0 atom stereocenters. The van der Waals surface area contributed by atoms with E-state index in [1.54, 1.807) is 29.2 Å². The Hall–Kier alpha value is -2.10. The third-order valence-electron chi connectivity index (χ3n) is 5.11. The highest BCUT2D eigenvalue weighted by Gasteiger charge is 2.30. The van der Waals surface area contributed by atoms with Crippen LogP contribution in [-0.2, 0) is 13.2 Å². The molecule has 0 bridgehead atoms. The third-order valence-corrected chi connectivity index (χ3v) is 6.79. The Kier molecular flexibility index (Phi) is 6.31. The third kappa shape index (κ3) is 4.79. The van der Waals surface area contributed by atoms with Crippen LogP contribution < -0.4 is 0 Å². The summed E-state index contributed by atoms with van der Waals surface area (Å²) in [6, 6.07) is 7.63. The second kappa shape index (κ2) is 8.95. The summed E-state index contributed by atoms with van der Waals surface area (Å²) in [5.74, 6) is 1.74. The summed E-state index contributed by atoms with van der Waals surface area (Å²) in [6.45, 7) is 2.46. The highest BCUT2D eigenvalue weighted by atomic mass is 32.2. The van der Waals surface area contributed by atoms with E-state index in [9.17, 15) is 13.2 Å². The fraction of sp³-hybridized carbons (Fsp3) is 0.333. The lowest BCUT2D eigenvalue weighted by molar-refractivity contribution is -0.137. The fourth-order valence-electron chi connectivity index (χ4n) is 3.42. The van der Waals surface area contributed by atoms with Gasteiger partial charge in [-0.15, -0.1) is 10.2 Å². The Morgan fingerprint density at radius 2 is 2.03 bits per heavy atom. The normalized spacial score (nSPS) is 15.4. The van der Waals surface area contributed by atoms with E-state index in [-0.39, 0.29) is 0 Å². The first-order valence-corrected chi connectivity index (χ1v) is 11.5. The lowest BCUT2D eigenvalue weighted by Crippen LogP contribution is -2.30. The first-order chi connectivity index (χ1) is 14.4. The molecule has 4 rings (SSSR count). The molecule has 1 aliphatic heterocycles. The Balaban J connectivity index is 1.31. The second-order valence-corrected chi connectivity index (χ2v) is 8.93. The van der Waals surface area contributed by atoms with Crippen molar-refractivity contribution in [2.75, 3.05) is 25.4 Å². The Morgan fingerprint density at radius 3 is 2.73 bits per heavy atom. The molecule has 1 aliphatic rings. The number of thiophene rings is 1. The summed E-state index contributed by atoms with van der Waals surface area (Å²) < 4.78 is 40.8. The number of alkyl halides is 3. The molecule has 3 heterocycles. The van der Waals surface area contributed by atoms with Crippen LogP contribution in [0, 0.1) is 0 Å². The second-order valence-electron chi connectivity index (χ2n) is 7.08. The van der Waals surface area contributed by atoms with Crippen LogP contribution in [0.2, 0.25) is 0 Å². The van der Waals surface area contributed by atoms with Gasteiger partial charge in [-0.1, -0.05) is 30.0 Å². The number of halogens is 3.